The van der Waals surface area contributed by atoms with Crippen LogP contribution in [0.25, 0.3) is 0 Å². The number of hydrogen-bond donors (Lipinski definition) is 0. The Morgan fingerprint density at radius 1 is 1.40 bits per heavy atom. The molecular formula is C7H12N2O4S2. The van der Waals surface area contributed by atoms with Gasteiger partial charge in [-0.1, -0.05) is 0 Å². The largest absolute Gasteiger partial charge is 0.273 e. The van der Waals surface area contributed by atoms with Crippen LogP contribution in [-0.4, -0.2) is 57.3 Å². The van der Waals surface area contributed by atoms with E-state index in [1.807, 2.05) is 0 Å². The van der Waals surface area contributed by atoms with Crippen molar-refractivity contribution < 1.29 is 16.8 Å². The number of sulfone groups is 1. The van der Waals surface area contributed by atoms with Gasteiger partial charge in [-0.05, 0) is 6.42 Å². The van der Waals surface area contributed by atoms with Crippen molar-refractivity contribution in [1.82, 2.24) is 4.31 Å². The third kappa shape index (κ3) is 2.00. The van der Waals surface area contributed by atoms with E-state index in [0.29, 0.717) is 13.1 Å². The second-order valence-corrected chi connectivity index (χ2v) is 8.10. The molecule has 15 heavy (non-hydrogen) atoms. The molecule has 1 unspecified atom stereocenters. The lowest BCUT2D eigenvalue weighted by atomic mass is 10.4. The first-order valence-corrected chi connectivity index (χ1v) is 7.95. The van der Waals surface area contributed by atoms with Gasteiger partial charge in [-0.25, -0.2) is 16.8 Å². The van der Waals surface area contributed by atoms with Crippen molar-refractivity contribution in [3.05, 3.63) is 0 Å². The fourth-order valence-corrected chi connectivity index (χ4v) is 6.08. The molecule has 1 atom stereocenters. The van der Waals surface area contributed by atoms with Gasteiger partial charge in [0.05, 0.1) is 36.2 Å². The van der Waals surface area contributed by atoms with Gasteiger partial charge < -0.3 is 0 Å². The molecule has 1 saturated heterocycles. The number of hydrogen-bond acceptors (Lipinski definition) is 5. The van der Waals surface area contributed by atoms with E-state index in [1.165, 1.54) is 6.34 Å². The maximum absolute atomic E-state index is 11.9. The quantitative estimate of drug-likeness (QED) is 0.621. The minimum Gasteiger partial charge on any atom is -0.273 e. The third-order valence-electron chi connectivity index (χ3n) is 2.60. The molecule has 2 aliphatic rings. The molecule has 0 amide bonds. The molecule has 8 heteroatoms. The Morgan fingerprint density at radius 3 is 2.60 bits per heavy atom. The van der Waals surface area contributed by atoms with Crippen molar-refractivity contribution in [2.75, 3.05) is 24.6 Å². The molecule has 0 saturated carbocycles. The van der Waals surface area contributed by atoms with Crippen molar-refractivity contribution in [3.8, 4) is 0 Å². The van der Waals surface area contributed by atoms with Crippen LogP contribution in [0.4, 0.5) is 0 Å². The molecule has 0 bridgehead atoms. The molecule has 0 aromatic heterocycles. The van der Waals surface area contributed by atoms with Crippen LogP contribution in [0.15, 0.2) is 4.99 Å². The fourth-order valence-electron chi connectivity index (χ4n) is 1.74. The van der Waals surface area contributed by atoms with Crippen LogP contribution in [0.5, 0.6) is 0 Å². The molecule has 0 N–H and O–H groups in total. The lowest BCUT2D eigenvalue weighted by Gasteiger charge is -2.18. The first-order valence-electron chi connectivity index (χ1n) is 4.63. The standard InChI is InChI=1S/C7H12N2O4S2/c10-14(11)4-1-7(5-14)15(12,13)9-3-2-8-6-9/h6-7H,1-5H2. The van der Waals surface area contributed by atoms with Crippen LogP contribution in [0, 0.1) is 0 Å². The molecule has 0 radical (unpaired) electrons. The summed E-state index contributed by atoms with van der Waals surface area (Å²) in [4.78, 5) is 3.81. The fraction of sp³-hybridized carbons (Fsp3) is 0.857. The van der Waals surface area contributed by atoms with Gasteiger partial charge in [0.15, 0.2) is 9.84 Å². The Balaban J connectivity index is 2.21. The lowest BCUT2D eigenvalue weighted by Crippen LogP contribution is -2.37. The van der Waals surface area contributed by atoms with Gasteiger partial charge in [0, 0.05) is 0 Å². The Bertz CT molecular complexity index is 479. The van der Waals surface area contributed by atoms with Gasteiger partial charge >= 0.3 is 0 Å². The van der Waals surface area contributed by atoms with E-state index in [2.05, 4.69) is 4.99 Å². The summed E-state index contributed by atoms with van der Waals surface area (Å²) >= 11 is 0. The van der Waals surface area contributed by atoms with E-state index in [-0.39, 0.29) is 17.9 Å². The average molecular weight is 252 g/mol. The molecule has 0 aliphatic carbocycles. The van der Waals surface area contributed by atoms with Crippen LogP contribution in [-0.2, 0) is 19.9 Å². The molecule has 2 aliphatic heterocycles. The van der Waals surface area contributed by atoms with Crippen LogP contribution >= 0.6 is 0 Å². The Kier molecular flexibility index (Phi) is 2.50. The molecule has 86 valence electrons. The van der Waals surface area contributed by atoms with E-state index in [4.69, 9.17) is 0 Å². The topological polar surface area (TPSA) is 83.9 Å². The summed E-state index contributed by atoms with van der Waals surface area (Å²) in [5.41, 5.74) is 0. The molecular weight excluding hydrogens is 240 g/mol. The van der Waals surface area contributed by atoms with Crippen LogP contribution in [0.3, 0.4) is 0 Å². The van der Waals surface area contributed by atoms with E-state index in [1.54, 1.807) is 0 Å². The summed E-state index contributed by atoms with van der Waals surface area (Å²) in [5, 5.41) is -0.785. The normalized spacial score (nSPS) is 29.9. The second kappa shape index (κ2) is 3.44. The highest BCUT2D eigenvalue weighted by Crippen LogP contribution is 2.22. The van der Waals surface area contributed by atoms with Gasteiger partial charge in [0.2, 0.25) is 10.0 Å². The van der Waals surface area contributed by atoms with Crippen LogP contribution in [0.1, 0.15) is 6.42 Å². The minimum absolute atomic E-state index is 0.0259. The highest BCUT2D eigenvalue weighted by molar-refractivity contribution is 7.95. The first-order chi connectivity index (χ1) is 6.92. The summed E-state index contributed by atoms with van der Waals surface area (Å²) in [6.07, 6.45) is 1.48. The molecule has 6 nitrogen and oxygen atoms in total. The van der Waals surface area contributed by atoms with E-state index in [0.717, 1.165) is 4.31 Å². The van der Waals surface area contributed by atoms with Crippen molar-refractivity contribution in [2.45, 2.75) is 11.7 Å². The Labute approximate surface area is 89.0 Å². The van der Waals surface area contributed by atoms with Crippen molar-refractivity contribution in [2.24, 2.45) is 4.99 Å². The van der Waals surface area contributed by atoms with Crippen LogP contribution < -0.4 is 0 Å². The summed E-state index contributed by atoms with van der Waals surface area (Å²) < 4.78 is 47.3. The SMILES string of the molecule is O=S1(=O)CCC(S(=O)(=O)N2C=NCC2)C1. The molecule has 2 heterocycles. The highest BCUT2D eigenvalue weighted by Gasteiger charge is 2.40. The van der Waals surface area contributed by atoms with Crippen molar-refractivity contribution in [1.29, 1.82) is 0 Å². The zero-order valence-corrected chi connectivity index (χ0v) is 9.67. The van der Waals surface area contributed by atoms with Gasteiger partial charge in [-0.15, -0.1) is 0 Å². The summed E-state index contributed by atoms with van der Waals surface area (Å²) in [5.74, 6) is -0.276. The lowest BCUT2D eigenvalue weighted by molar-refractivity contribution is 0.528. The zero-order valence-electron chi connectivity index (χ0n) is 8.03. The monoisotopic (exact) mass is 252 g/mol. The second-order valence-electron chi connectivity index (χ2n) is 3.70. The number of sulfonamides is 1. The molecule has 1 fully saturated rings. The van der Waals surface area contributed by atoms with E-state index < -0.39 is 25.1 Å². The predicted molar refractivity (Wildman–Crippen MR) is 56.0 cm³/mol. The average Bonchev–Trinajstić information content (AvgIpc) is 2.72. The zero-order chi connectivity index (χ0) is 11.1. The van der Waals surface area contributed by atoms with Gasteiger partial charge in [0.25, 0.3) is 0 Å². The molecule has 0 aromatic rings. The number of rotatable bonds is 2. The van der Waals surface area contributed by atoms with Gasteiger partial charge in [-0.3, -0.25) is 9.30 Å². The third-order valence-corrected chi connectivity index (χ3v) is 6.75. The first kappa shape index (κ1) is 10.9. The Morgan fingerprint density at radius 2 is 2.13 bits per heavy atom. The summed E-state index contributed by atoms with van der Waals surface area (Å²) in [7, 11) is -6.66. The van der Waals surface area contributed by atoms with Crippen molar-refractivity contribution in [3.63, 3.8) is 0 Å². The molecule has 0 aromatic carbocycles. The van der Waals surface area contributed by atoms with Crippen LogP contribution in [0.2, 0.25) is 0 Å². The Hall–Kier alpha value is -0.630. The maximum Gasteiger partial charge on any atom is 0.239 e. The smallest absolute Gasteiger partial charge is 0.239 e. The van der Waals surface area contributed by atoms with Gasteiger partial charge in [-0.2, -0.15) is 0 Å². The number of nitrogens with zero attached hydrogens (tertiary/aromatic N) is 2. The summed E-state index contributed by atoms with van der Waals surface area (Å²) in [6, 6.07) is 0. The highest BCUT2D eigenvalue weighted by atomic mass is 32.2. The maximum atomic E-state index is 11.9. The van der Waals surface area contributed by atoms with Crippen molar-refractivity contribution >= 4 is 26.2 Å². The van der Waals surface area contributed by atoms with E-state index in [9.17, 15) is 16.8 Å². The number of aliphatic imine (C=N–C) groups is 1. The molecule has 2 rings (SSSR count). The predicted octanol–water partition coefficient (Wildman–Crippen LogP) is -1.15. The van der Waals surface area contributed by atoms with Gasteiger partial charge in [0.1, 0.15) is 0 Å². The van der Waals surface area contributed by atoms with E-state index >= 15 is 0 Å². The molecule has 0 spiro atoms. The minimum atomic E-state index is -3.50. The summed E-state index contributed by atoms with van der Waals surface area (Å²) in [6.45, 7) is 0.789.